The van der Waals surface area contributed by atoms with Gasteiger partial charge in [0.25, 0.3) is 0 Å². The Kier molecular flexibility index (Phi) is 11.9. The highest BCUT2D eigenvalue weighted by atomic mass is 35.5. The standard InChI is InChI=1S/C26H36ClN2O6P/c1-18(2)17-21-7-9-22(10-8-21)19(3)25(30)28-15-6-16-34-36(32,29-20(4)26(31)33-5)35-24-13-11-23(27)12-14-24/h7-14,18-20H,6,15-17H2,1-5H3,(H,28,30)(H,29,32)/t19?,20-,36?/m0/s1. The lowest BCUT2D eigenvalue weighted by atomic mass is 9.96. The molecule has 0 spiro atoms. The van der Waals surface area contributed by atoms with Gasteiger partial charge >= 0.3 is 13.7 Å². The third-order valence-electron chi connectivity index (χ3n) is 5.34. The quantitative estimate of drug-likeness (QED) is 0.186. The van der Waals surface area contributed by atoms with Crippen molar-refractivity contribution in [2.24, 2.45) is 5.92 Å². The van der Waals surface area contributed by atoms with Crippen LogP contribution in [0, 0.1) is 5.92 Å². The summed E-state index contributed by atoms with van der Waals surface area (Å²) in [6.45, 7) is 8.03. The Bertz CT molecular complexity index is 1030. The molecule has 0 aliphatic heterocycles. The predicted octanol–water partition coefficient (Wildman–Crippen LogP) is 5.50. The lowest BCUT2D eigenvalue weighted by Crippen LogP contribution is -2.34. The van der Waals surface area contributed by atoms with E-state index >= 15 is 0 Å². The summed E-state index contributed by atoms with van der Waals surface area (Å²) in [5.74, 6) is -0.194. The monoisotopic (exact) mass is 538 g/mol. The summed E-state index contributed by atoms with van der Waals surface area (Å²) < 4.78 is 29.1. The van der Waals surface area contributed by atoms with E-state index in [1.54, 1.807) is 24.3 Å². The van der Waals surface area contributed by atoms with Crippen LogP contribution in [0.25, 0.3) is 0 Å². The molecule has 2 aromatic carbocycles. The first-order valence-corrected chi connectivity index (χ1v) is 13.9. The average Bonchev–Trinajstić information content (AvgIpc) is 2.84. The van der Waals surface area contributed by atoms with Gasteiger partial charge in [0, 0.05) is 11.6 Å². The first-order valence-electron chi connectivity index (χ1n) is 11.9. The molecule has 8 nitrogen and oxygen atoms in total. The van der Waals surface area contributed by atoms with Crippen LogP contribution in [0.4, 0.5) is 0 Å². The summed E-state index contributed by atoms with van der Waals surface area (Å²) in [5, 5.41) is 5.95. The van der Waals surface area contributed by atoms with E-state index in [1.807, 2.05) is 19.1 Å². The first kappa shape index (κ1) is 29.8. The zero-order chi connectivity index (χ0) is 26.7. The van der Waals surface area contributed by atoms with E-state index < -0.39 is 19.8 Å². The van der Waals surface area contributed by atoms with Crippen molar-refractivity contribution in [3.8, 4) is 5.75 Å². The zero-order valence-corrected chi connectivity index (χ0v) is 23.1. The lowest BCUT2D eigenvalue weighted by Gasteiger charge is -2.22. The van der Waals surface area contributed by atoms with Crippen LogP contribution in [-0.4, -0.2) is 38.2 Å². The van der Waals surface area contributed by atoms with Crippen molar-refractivity contribution in [2.45, 2.75) is 52.5 Å². The number of nitrogens with one attached hydrogen (secondary N) is 2. The molecule has 36 heavy (non-hydrogen) atoms. The maximum atomic E-state index is 13.3. The third kappa shape index (κ3) is 9.94. The van der Waals surface area contributed by atoms with Crippen molar-refractivity contribution in [3.05, 3.63) is 64.7 Å². The summed E-state index contributed by atoms with van der Waals surface area (Å²) in [7, 11) is -2.70. The normalized spacial score (nSPS) is 14.5. The van der Waals surface area contributed by atoms with Gasteiger partial charge in [0.2, 0.25) is 5.91 Å². The Hall–Kier alpha value is -2.38. The minimum Gasteiger partial charge on any atom is -0.468 e. The largest absolute Gasteiger partial charge is 0.468 e. The van der Waals surface area contributed by atoms with Crippen molar-refractivity contribution in [1.82, 2.24) is 10.4 Å². The van der Waals surface area contributed by atoms with Gasteiger partial charge in [-0.15, -0.1) is 0 Å². The van der Waals surface area contributed by atoms with Crippen molar-refractivity contribution >= 4 is 31.2 Å². The second kappa shape index (κ2) is 14.4. The molecule has 2 unspecified atom stereocenters. The molecule has 1 amide bonds. The summed E-state index contributed by atoms with van der Waals surface area (Å²) in [6.07, 6.45) is 1.38. The van der Waals surface area contributed by atoms with Gasteiger partial charge in [-0.05, 0) is 68.0 Å². The van der Waals surface area contributed by atoms with Gasteiger partial charge in [0.05, 0.1) is 19.6 Å². The van der Waals surface area contributed by atoms with E-state index in [4.69, 9.17) is 20.6 Å². The molecule has 0 aliphatic carbocycles. The van der Waals surface area contributed by atoms with Crippen LogP contribution in [-0.2, 0) is 29.8 Å². The number of halogens is 1. The van der Waals surface area contributed by atoms with Crippen molar-refractivity contribution in [3.63, 3.8) is 0 Å². The van der Waals surface area contributed by atoms with Gasteiger partial charge in [0.15, 0.2) is 0 Å². The molecule has 0 fully saturated rings. The SMILES string of the molecule is COC(=O)[C@H](C)NP(=O)(OCCCNC(=O)C(C)c1ccc(CC(C)C)cc1)Oc1ccc(Cl)cc1. The number of amides is 1. The summed E-state index contributed by atoms with van der Waals surface area (Å²) in [6, 6.07) is 13.4. The number of carbonyl (C=O) groups excluding carboxylic acids is 2. The second-order valence-electron chi connectivity index (χ2n) is 8.96. The minimum absolute atomic E-state index is 0.0182. The maximum Gasteiger partial charge on any atom is 0.459 e. The van der Waals surface area contributed by atoms with Crippen LogP contribution in [0.1, 0.15) is 51.2 Å². The molecule has 0 saturated heterocycles. The van der Waals surface area contributed by atoms with E-state index in [2.05, 4.69) is 41.1 Å². The molecule has 0 saturated carbocycles. The van der Waals surface area contributed by atoms with Crippen LogP contribution in [0.2, 0.25) is 5.02 Å². The fourth-order valence-corrected chi connectivity index (χ4v) is 5.03. The van der Waals surface area contributed by atoms with Crippen LogP contribution in [0.3, 0.4) is 0 Å². The first-order chi connectivity index (χ1) is 17.0. The predicted molar refractivity (Wildman–Crippen MR) is 141 cm³/mol. The average molecular weight is 539 g/mol. The molecular weight excluding hydrogens is 503 g/mol. The molecule has 2 aromatic rings. The lowest BCUT2D eigenvalue weighted by molar-refractivity contribution is -0.142. The molecule has 0 aromatic heterocycles. The van der Waals surface area contributed by atoms with Gasteiger partial charge < -0.3 is 14.6 Å². The highest BCUT2D eigenvalue weighted by Gasteiger charge is 2.32. The molecule has 3 atom stereocenters. The second-order valence-corrected chi connectivity index (χ2v) is 11.1. The van der Waals surface area contributed by atoms with Crippen LogP contribution < -0.4 is 14.9 Å². The fourth-order valence-electron chi connectivity index (χ4n) is 3.38. The van der Waals surface area contributed by atoms with E-state index in [0.717, 1.165) is 12.0 Å². The smallest absolute Gasteiger partial charge is 0.459 e. The van der Waals surface area contributed by atoms with Crippen LogP contribution in [0.15, 0.2) is 48.5 Å². The van der Waals surface area contributed by atoms with Gasteiger partial charge in [0.1, 0.15) is 11.8 Å². The minimum atomic E-state index is -3.93. The number of rotatable bonds is 14. The Labute approximate surface area is 218 Å². The highest BCUT2D eigenvalue weighted by Crippen LogP contribution is 2.45. The molecule has 0 bridgehead atoms. The molecule has 0 heterocycles. The number of methoxy groups -OCH3 is 1. The molecule has 0 aliphatic rings. The zero-order valence-electron chi connectivity index (χ0n) is 21.5. The Balaban J connectivity index is 1.88. The van der Waals surface area contributed by atoms with Crippen LogP contribution >= 0.6 is 19.3 Å². The van der Waals surface area contributed by atoms with Gasteiger partial charge in [-0.25, -0.2) is 4.57 Å². The van der Waals surface area contributed by atoms with Gasteiger partial charge in [-0.3, -0.25) is 14.1 Å². The summed E-state index contributed by atoms with van der Waals surface area (Å²) in [4.78, 5) is 24.4. The molecule has 2 N–H and O–H groups in total. The number of benzene rings is 2. The number of ether oxygens (including phenoxy) is 1. The third-order valence-corrected chi connectivity index (χ3v) is 7.27. The van der Waals surface area contributed by atoms with Crippen molar-refractivity contribution in [2.75, 3.05) is 20.3 Å². The molecule has 2 rings (SSSR count). The highest BCUT2D eigenvalue weighted by molar-refractivity contribution is 7.52. The molecule has 0 radical (unpaired) electrons. The topological polar surface area (TPSA) is 103 Å². The van der Waals surface area contributed by atoms with E-state index in [0.29, 0.717) is 23.9 Å². The van der Waals surface area contributed by atoms with Crippen molar-refractivity contribution < 1.29 is 27.9 Å². The van der Waals surface area contributed by atoms with Crippen LogP contribution in [0.5, 0.6) is 5.75 Å². The Morgan fingerprint density at radius 2 is 1.64 bits per heavy atom. The summed E-state index contributed by atoms with van der Waals surface area (Å²) in [5.41, 5.74) is 2.19. The van der Waals surface area contributed by atoms with Gasteiger partial charge in [-0.1, -0.05) is 49.7 Å². The summed E-state index contributed by atoms with van der Waals surface area (Å²) >= 11 is 5.89. The number of carbonyl (C=O) groups is 2. The number of hydrogen-bond donors (Lipinski definition) is 2. The number of hydrogen-bond acceptors (Lipinski definition) is 6. The fraction of sp³-hybridized carbons (Fsp3) is 0.462. The van der Waals surface area contributed by atoms with E-state index in [-0.39, 0.29) is 24.2 Å². The Morgan fingerprint density at radius 1 is 1.00 bits per heavy atom. The molecular formula is C26H36ClN2O6P. The Morgan fingerprint density at radius 3 is 2.22 bits per heavy atom. The van der Waals surface area contributed by atoms with Gasteiger partial charge in [-0.2, -0.15) is 5.09 Å². The van der Waals surface area contributed by atoms with E-state index in [1.165, 1.54) is 19.6 Å². The number of esters is 1. The van der Waals surface area contributed by atoms with E-state index in [9.17, 15) is 14.2 Å². The van der Waals surface area contributed by atoms with Crippen molar-refractivity contribution in [1.29, 1.82) is 0 Å². The maximum absolute atomic E-state index is 13.3. The molecule has 198 valence electrons. The molecule has 10 heteroatoms.